The summed E-state index contributed by atoms with van der Waals surface area (Å²) in [7, 11) is 3.86. The van der Waals surface area contributed by atoms with Gasteiger partial charge in [0.05, 0.1) is 11.6 Å². The fourth-order valence-electron chi connectivity index (χ4n) is 4.72. The van der Waals surface area contributed by atoms with Gasteiger partial charge < -0.3 is 14.4 Å². The summed E-state index contributed by atoms with van der Waals surface area (Å²) in [5, 5.41) is 20.8. The van der Waals surface area contributed by atoms with Crippen molar-refractivity contribution in [3.8, 4) is 0 Å². The Morgan fingerprint density at radius 3 is 2.49 bits per heavy atom. The molecular formula is C31H26N4O4S2. The van der Waals surface area contributed by atoms with Crippen LogP contribution in [0.25, 0.3) is 11.0 Å². The maximum Gasteiger partial charge on any atom is 0.296 e. The second kappa shape index (κ2) is 10.9. The van der Waals surface area contributed by atoms with Crippen LogP contribution in [-0.4, -0.2) is 41.1 Å². The SMILES string of the molecule is Cc1ccc(CSc2nnc(N3C(=O)C(O)=C(C(=O)c4cc5ccccc5o4)C3c3ccc(N(C)C)cc3)s2)cc1. The first kappa shape index (κ1) is 26.8. The second-order valence-corrected chi connectivity index (χ2v) is 12.1. The van der Waals surface area contributed by atoms with Crippen LogP contribution in [0.2, 0.25) is 0 Å². The minimum atomic E-state index is -0.915. The zero-order valence-corrected chi connectivity index (χ0v) is 24.2. The number of carbonyl (C=O) groups excluding carboxylic acids is 2. The van der Waals surface area contributed by atoms with E-state index < -0.39 is 23.5 Å². The van der Waals surface area contributed by atoms with E-state index in [4.69, 9.17) is 4.42 Å². The van der Waals surface area contributed by atoms with Gasteiger partial charge in [-0.25, -0.2) is 0 Å². The highest BCUT2D eigenvalue weighted by atomic mass is 32.2. The van der Waals surface area contributed by atoms with Crippen molar-refractivity contribution in [2.45, 2.75) is 23.1 Å². The fourth-order valence-corrected chi connectivity index (χ4v) is 6.54. The predicted molar refractivity (Wildman–Crippen MR) is 162 cm³/mol. The average Bonchev–Trinajstić information content (AvgIpc) is 3.69. The van der Waals surface area contributed by atoms with Crippen molar-refractivity contribution in [1.82, 2.24) is 10.2 Å². The summed E-state index contributed by atoms with van der Waals surface area (Å²) in [5.74, 6) is -1.16. The number of anilines is 2. The lowest BCUT2D eigenvalue weighted by molar-refractivity contribution is -0.117. The molecule has 0 saturated carbocycles. The molecule has 10 heteroatoms. The Balaban J connectivity index is 1.36. The number of para-hydroxylation sites is 1. The molecule has 1 N–H and O–H groups in total. The number of hydrogen-bond donors (Lipinski definition) is 1. The molecule has 6 rings (SSSR count). The Labute approximate surface area is 244 Å². The molecule has 3 heterocycles. The minimum Gasteiger partial charge on any atom is -0.503 e. The Morgan fingerprint density at radius 2 is 1.78 bits per heavy atom. The van der Waals surface area contributed by atoms with Gasteiger partial charge in [0.1, 0.15) is 5.58 Å². The highest BCUT2D eigenvalue weighted by Gasteiger charge is 2.46. The first-order valence-corrected chi connectivity index (χ1v) is 14.7. The van der Waals surface area contributed by atoms with Crippen molar-refractivity contribution >= 4 is 56.6 Å². The third kappa shape index (κ3) is 5.12. The van der Waals surface area contributed by atoms with Crippen molar-refractivity contribution in [1.29, 1.82) is 0 Å². The van der Waals surface area contributed by atoms with Crippen LogP contribution in [0.15, 0.2) is 99.0 Å². The number of aliphatic hydroxyl groups excluding tert-OH is 1. The molecule has 1 amide bonds. The summed E-state index contributed by atoms with van der Waals surface area (Å²) >= 11 is 2.76. The largest absolute Gasteiger partial charge is 0.503 e. The van der Waals surface area contributed by atoms with Gasteiger partial charge in [0.2, 0.25) is 10.9 Å². The van der Waals surface area contributed by atoms with Crippen molar-refractivity contribution < 1.29 is 19.1 Å². The van der Waals surface area contributed by atoms with E-state index in [-0.39, 0.29) is 11.3 Å². The third-order valence-electron chi connectivity index (χ3n) is 6.91. The van der Waals surface area contributed by atoms with E-state index in [0.717, 1.165) is 16.6 Å². The van der Waals surface area contributed by atoms with E-state index in [1.165, 1.54) is 33.6 Å². The molecule has 8 nitrogen and oxygen atoms in total. The van der Waals surface area contributed by atoms with E-state index >= 15 is 0 Å². The van der Waals surface area contributed by atoms with Crippen LogP contribution in [0.1, 0.15) is 33.3 Å². The Bertz CT molecular complexity index is 1760. The number of benzene rings is 3. The number of furan rings is 1. The topological polar surface area (TPSA) is 99.8 Å². The van der Waals surface area contributed by atoms with Crippen LogP contribution >= 0.6 is 23.1 Å². The van der Waals surface area contributed by atoms with Crippen molar-refractivity contribution in [3.05, 3.63) is 113 Å². The second-order valence-electron chi connectivity index (χ2n) is 9.93. The maximum atomic E-state index is 13.9. The van der Waals surface area contributed by atoms with Crippen molar-refractivity contribution in [3.63, 3.8) is 0 Å². The molecule has 1 atom stereocenters. The van der Waals surface area contributed by atoms with Crippen LogP contribution in [-0.2, 0) is 10.5 Å². The molecule has 3 aromatic carbocycles. The van der Waals surface area contributed by atoms with Crippen LogP contribution in [0.3, 0.4) is 0 Å². The quantitative estimate of drug-likeness (QED) is 0.122. The van der Waals surface area contributed by atoms with Gasteiger partial charge in [0, 0.05) is 30.9 Å². The van der Waals surface area contributed by atoms with E-state index in [9.17, 15) is 14.7 Å². The van der Waals surface area contributed by atoms with Gasteiger partial charge in [-0.15, -0.1) is 10.2 Å². The van der Waals surface area contributed by atoms with E-state index in [1.54, 1.807) is 12.1 Å². The van der Waals surface area contributed by atoms with Crippen molar-refractivity contribution in [2.75, 3.05) is 23.9 Å². The minimum absolute atomic E-state index is 0.0453. The Kier molecular flexibility index (Phi) is 7.10. The zero-order valence-electron chi connectivity index (χ0n) is 22.6. The monoisotopic (exact) mass is 582 g/mol. The van der Waals surface area contributed by atoms with E-state index in [2.05, 4.69) is 34.5 Å². The molecule has 41 heavy (non-hydrogen) atoms. The lowest BCUT2D eigenvalue weighted by Gasteiger charge is -2.24. The van der Waals surface area contributed by atoms with E-state index in [0.29, 0.717) is 26.4 Å². The number of thioether (sulfide) groups is 1. The molecule has 1 aliphatic heterocycles. The van der Waals surface area contributed by atoms with Crippen LogP contribution in [0, 0.1) is 6.92 Å². The molecular weight excluding hydrogens is 556 g/mol. The lowest BCUT2D eigenvalue weighted by atomic mass is 9.95. The number of Topliss-reactive ketones (excluding diaryl/α,β-unsaturated/α-hetero) is 1. The molecule has 0 saturated heterocycles. The number of ketones is 1. The molecule has 206 valence electrons. The lowest BCUT2D eigenvalue weighted by Crippen LogP contribution is -2.31. The zero-order chi connectivity index (χ0) is 28.7. The van der Waals surface area contributed by atoms with Crippen LogP contribution < -0.4 is 9.80 Å². The standard InChI is InChI=1S/C31H26N4O4S2/c1-18-8-10-19(11-9-18)17-40-31-33-32-30(41-31)35-26(20-12-14-22(15-13-20)34(2)3)25(28(37)29(35)38)27(36)24-16-21-6-4-5-7-23(21)39-24/h4-16,26,37H,17H2,1-3H3. The number of aromatic nitrogens is 2. The number of fused-ring (bicyclic) bond motifs is 1. The van der Waals surface area contributed by atoms with Gasteiger partial charge in [-0.2, -0.15) is 0 Å². The van der Waals surface area contributed by atoms with Gasteiger partial charge in [-0.3, -0.25) is 14.5 Å². The number of hydrogen-bond acceptors (Lipinski definition) is 9. The van der Waals surface area contributed by atoms with Crippen LogP contribution in [0.4, 0.5) is 10.8 Å². The van der Waals surface area contributed by atoms with Crippen molar-refractivity contribution in [2.24, 2.45) is 0 Å². The summed E-state index contributed by atoms with van der Waals surface area (Å²) in [6.45, 7) is 2.04. The highest BCUT2D eigenvalue weighted by Crippen LogP contribution is 2.44. The smallest absolute Gasteiger partial charge is 0.296 e. The highest BCUT2D eigenvalue weighted by molar-refractivity contribution is 8.00. The van der Waals surface area contributed by atoms with Gasteiger partial charge in [-0.05, 0) is 42.3 Å². The van der Waals surface area contributed by atoms with E-state index in [1.807, 2.05) is 68.4 Å². The molecule has 0 radical (unpaired) electrons. The first-order valence-electron chi connectivity index (χ1n) is 12.9. The normalized spacial score (nSPS) is 15.2. The number of amides is 1. The molecule has 1 aliphatic rings. The number of nitrogens with zero attached hydrogens (tertiary/aromatic N) is 4. The van der Waals surface area contributed by atoms with Crippen LogP contribution in [0.5, 0.6) is 0 Å². The molecule has 5 aromatic rings. The fraction of sp³-hybridized carbons (Fsp3) is 0.161. The molecule has 0 spiro atoms. The average molecular weight is 583 g/mol. The Hall–Kier alpha value is -4.41. The molecule has 2 aromatic heterocycles. The summed E-state index contributed by atoms with van der Waals surface area (Å²) in [6.07, 6.45) is 0. The molecule has 0 aliphatic carbocycles. The molecule has 0 bridgehead atoms. The summed E-state index contributed by atoms with van der Waals surface area (Å²) in [4.78, 5) is 30.7. The number of aliphatic hydroxyl groups is 1. The number of aryl methyl sites for hydroxylation is 1. The summed E-state index contributed by atoms with van der Waals surface area (Å²) in [6, 6.07) is 23.7. The number of rotatable bonds is 8. The summed E-state index contributed by atoms with van der Waals surface area (Å²) < 4.78 is 6.50. The summed E-state index contributed by atoms with van der Waals surface area (Å²) in [5.41, 5.74) is 4.42. The molecule has 1 unspecified atom stereocenters. The van der Waals surface area contributed by atoms with Gasteiger partial charge >= 0.3 is 0 Å². The molecule has 0 fully saturated rings. The number of carbonyl (C=O) groups is 2. The van der Waals surface area contributed by atoms with Gasteiger partial charge in [0.25, 0.3) is 5.91 Å². The van der Waals surface area contributed by atoms with Gasteiger partial charge in [-0.1, -0.05) is 83.3 Å². The van der Waals surface area contributed by atoms with Gasteiger partial charge in [0.15, 0.2) is 15.9 Å². The first-order chi connectivity index (χ1) is 19.8. The Morgan fingerprint density at radius 1 is 1.05 bits per heavy atom. The third-order valence-corrected chi connectivity index (χ3v) is 9.04. The maximum absolute atomic E-state index is 13.9. The predicted octanol–water partition coefficient (Wildman–Crippen LogP) is 6.73.